The molecular weight excluding hydrogens is 108 g/mol. The maximum atomic E-state index is 9.56. The first-order chi connectivity index (χ1) is 3.91. The summed E-state index contributed by atoms with van der Waals surface area (Å²) in [6.45, 7) is 3.44. The van der Waals surface area contributed by atoms with Gasteiger partial charge in [-0.25, -0.2) is 0 Å². The fourth-order valence-electron chi connectivity index (χ4n) is 0.192. The monoisotopic (exact) mass is 116 g/mol. The second-order valence-corrected chi connectivity index (χ2v) is 0.989. The highest BCUT2D eigenvalue weighted by atomic mass is 16.7. The molecule has 0 unspecified atom stereocenters. The molecule has 0 fully saturated rings. The van der Waals surface area contributed by atoms with Gasteiger partial charge in [0, 0.05) is 0 Å². The minimum absolute atomic E-state index is 0.0772. The summed E-state index contributed by atoms with van der Waals surface area (Å²) in [5.74, 6) is 0. The molecule has 3 heteroatoms. The van der Waals surface area contributed by atoms with Gasteiger partial charge in [-0.2, -0.15) is 0 Å². The van der Waals surface area contributed by atoms with Crippen LogP contribution in [0.3, 0.4) is 0 Å². The number of ether oxygens (including phenoxy) is 2. The van der Waals surface area contributed by atoms with Gasteiger partial charge in [-0.3, -0.25) is 0 Å². The van der Waals surface area contributed by atoms with Crippen LogP contribution in [-0.4, -0.2) is 19.7 Å². The Kier molecular flexibility index (Phi) is 5.53. The number of carbonyl (C=O) groups excluding carboxylic acids is 1. The van der Waals surface area contributed by atoms with Crippen LogP contribution >= 0.6 is 0 Å². The highest BCUT2D eigenvalue weighted by Crippen LogP contribution is 1.73. The van der Waals surface area contributed by atoms with Crippen LogP contribution < -0.4 is 0 Å². The highest BCUT2D eigenvalue weighted by molar-refractivity contribution is 5.50. The zero-order chi connectivity index (χ0) is 6.24. The molecule has 0 aromatic rings. The molecule has 3 nitrogen and oxygen atoms in total. The van der Waals surface area contributed by atoms with E-state index in [9.17, 15) is 4.79 Å². The zero-order valence-electron chi connectivity index (χ0n) is 4.50. The van der Waals surface area contributed by atoms with Gasteiger partial charge in [0.15, 0.2) is 6.79 Å². The summed E-state index contributed by atoms with van der Waals surface area (Å²) >= 11 is 0. The van der Waals surface area contributed by atoms with Crippen molar-refractivity contribution in [3.8, 4) is 0 Å². The van der Waals surface area contributed by atoms with Crippen molar-refractivity contribution in [1.29, 1.82) is 0 Å². The zero-order valence-corrected chi connectivity index (χ0v) is 4.50. The van der Waals surface area contributed by atoms with Crippen molar-refractivity contribution in [2.75, 3.05) is 13.4 Å². The molecule has 0 rings (SSSR count). The predicted molar refractivity (Wildman–Crippen MR) is 28.2 cm³/mol. The molecule has 0 radical (unpaired) electrons. The number of carbonyl (C=O) groups is 1. The summed E-state index contributed by atoms with van der Waals surface area (Å²) in [5, 5.41) is 0. The summed E-state index contributed by atoms with van der Waals surface area (Å²) in [6, 6.07) is 0. The van der Waals surface area contributed by atoms with E-state index in [1.165, 1.54) is 6.26 Å². The Morgan fingerprint density at radius 1 is 1.62 bits per heavy atom. The van der Waals surface area contributed by atoms with Gasteiger partial charge in [0.2, 0.25) is 0 Å². The largest absolute Gasteiger partial charge is 0.476 e. The van der Waals surface area contributed by atoms with Crippen LogP contribution in [0.15, 0.2) is 12.8 Å². The SMILES string of the molecule is C=COCOCC=O. The Hall–Kier alpha value is -0.830. The van der Waals surface area contributed by atoms with Gasteiger partial charge in [-0.15, -0.1) is 0 Å². The third-order valence-corrected chi connectivity index (χ3v) is 0.455. The summed E-state index contributed by atoms with van der Waals surface area (Å²) in [5.41, 5.74) is 0. The van der Waals surface area contributed by atoms with Crippen LogP contribution in [0.1, 0.15) is 0 Å². The van der Waals surface area contributed by atoms with Gasteiger partial charge in [-0.1, -0.05) is 6.58 Å². The molecule has 0 saturated carbocycles. The standard InChI is InChI=1S/C5H8O3/c1-2-7-5-8-4-3-6/h2-3H,1,4-5H2. The Balaban J connectivity index is 2.71. The molecule has 0 aromatic carbocycles. The third kappa shape index (κ3) is 5.17. The second-order valence-electron chi connectivity index (χ2n) is 0.989. The Morgan fingerprint density at radius 2 is 2.38 bits per heavy atom. The summed E-state index contributed by atoms with van der Waals surface area (Å²) in [7, 11) is 0. The molecule has 0 aliphatic heterocycles. The molecular formula is C5H8O3. The maximum Gasteiger partial charge on any atom is 0.188 e. The van der Waals surface area contributed by atoms with E-state index in [1.54, 1.807) is 0 Å². The Bertz CT molecular complexity index is 60.1. The van der Waals surface area contributed by atoms with Crippen LogP contribution in [0, 0.1) is 0 Å². The molecule has 0 aliphatic carbocycles. The average Bonchev–Trinajstić information content (AvgIpc) is 1.81. The smallest absolute Gasteiger partial charge is 0.188 e. The lowest BCUT2D eigenvalue weighted by Crippen LogP contribution is -1.97. The normalized spacial score (nSPS) is 8.00. The van der Waals surface area contributed by atoms with Gasteiger partial charge >= 0.3 is 0 Å². The minimum atomic E-state index is 0.0772. The van der Waals surface area contributed by atoms with Crippen LogP contribution in [0.25, 0.3) is 0 Å². The maximum absolute atomic E-state index is 9.56. The van der Waals surface area contributed by atoms with Crippen molar-refractivity contribution in [2.24, 2.45) is 0 Å². The highest BCUT2D eigenvalue weighted by Gasteiger charge is 1.78. The van der Waals surface area contributed by atoms with E-state index in [4.69, 9.17) is 0 Å². The van der Waals surface area contributed by atoms with E-state index >= 15 is 0 Å². The van der Waals surface area contributed by atoms with Gasteiger partial charge in [0.25, 0.3) is 0 Å². The first-order valence-electron chi connectivity index (χ1n) is 2.15. The molecule has 0 spiro atoms. The lowest BCUT2D eigenvalue weighted by atomic mass is 10.8. The van der Waals surface area contributed by atoms with E-state index in [1.807, 2.05) is 0 Å². The molecule has 8 heavy (non-hydrogen) atoms. The lowest BCUT2D eigenvalue weighted by molar-refractivity contribution is -0.115. The number of rotatable bonds is 5. The van der Waals surface area contributed by atoms with Gasteiger partial charge < -0.3 is 14.3 Å². The van der Waals surface area contributed by atoms with E-state index in [0.717, 1.165) is 0 Å². The van der Waals surface area contributed by atoms with Crippen molar-refractivity contribution >= 4 is 6.29 Å². The molecule has 0 amide bonds. The van der Waals surface area contributed by atoms with Gasteiger partial charge in [-0.05, 0) is 0 Å². The topological polar surface area (TPSA) is 35.5 Å². The quantitative estimate of drug-likeness (QED) is 0.224. The average molecular weight is 116 g/mol. The molecule has 0 saturated heterocycles. The van der Waals surface area contributed by atoms with E-state index in [0.29, 0.717) is 6.29 Å². The first-order valence-corrected chi connectivity index (χ1v) is 2.15. The summed E-state index contributed by atoms with van der Waals surface area (Å²) in [6.07, 6.45) is 1.91. The van der Waals surface area contributed by atoms with E-state index in [-0.39, 0.29) is 13.4 Å². The second kappa shape index (κ2) is 6.17. The molecule has 0 atom stereocenters. The minimum Gasteiger partial charge on any atom is -0.476 e. The van der Waals surface area contributed by atoms with Crippen molar-refractivity contribution in [3.05, 3.63) is 12.8 Å². The van der Waals surface area contributed by atoms with Crippen LogP contribution in [0.4, 0.5) is 0 Å². The van der Waals surface area contributed by atoms with Gasteiger partial charge in [0.1, 0.15) is 12.9 Å². The predicted octanol–water partition coefficient (Wildman–Crippen LogP) is 0.319. The first kappa shape index (κ1) is 7.17. The molecule has 0 N–H and O–H groups in total. The van der Waals surface area contributed by atoms with Gasteiger partial charge in [0.05, 0.1) is 6.26 Å². The van der Waals surface area contributed by atoms with Crippen LogP contribution in [0.2, 0.25) is 0 Å². The fourth-order valence-corrected chi connectivity index (χ4v) is 0.192. The molecule has 46 valence electrons. The molecule has 0 bridgehead atoms. The molecule has 0 aliphatic rings. The summed E-state index contributed by atoms with van der Waals surface area (Å²) in [4.78, 5) is 9.56. The van der Waals surface area contributed by atoms with Crippen LogP contribution in [-0.2, 0) is 14.3 Å². The third-order valence-electron chi connectivity index (χ3n) is 0.455. The number of hydrogen-bond acceptors (Lipinski definition) is 3. The molecule has 0 heterocycles. The number of hydrogen-bond donors (Lipinski definition) is 0. The van der Waals surface area contributed by atoms with Crippen molar-refractivity contribution in [1.82, 2.24) is 0 Å². The Labute approximate surface area is 47.9 Å². The fraction of sp³-hybridized carbons (Fsp3) is 0.400. The van der Waals surface area contributed by atoms with Crippen molar-refractivity contribution in [3.63, 3.8) is 0 Å². The Morgan fingerprint density at radius 3 is 2.88 bits per heavy atom. The lowest BCUT2D eigenvalue weighted by Gasteiger charge is -1.95. The van der Waals surface area contributed by atoms with Crippen molar-refractivity contribution < 1.29 is 14.3 Å². The number of aldehydes is 1. The van der Waals surface area contributed by atoms with E-state index < -0.39 is 0 Å². The summed E-state index contributed by atoms with van der Waals surface area (Å²) < 4.78 is 9.08. The van der Waals surface area contributed by atoms with Crippen molar-refractivity contribution in [2.45, 2.75) is 0 Å². The molecule has 0 aromatic heterocycles. The van der Waals surface area contributed by atoms with Crippen LogP contribution in [0.5, 0.6) is 0 Å². The van der Waals surface area contributed by atoms with E-state index in [2.05, 4.69) is 16.1 Å².